The van der Waals surface area contributed by atoms with Crippen LogP contribution >= 0.6 is 0 Å². The fourth-order valence-electron chi connectivity index (χ4n) is 3.61. The first-order chi connectivity index (χ1) is 12.7. The van der Waals surface area contributed by atoms with Crippen molar-refractivity contribution in [2.45, 2.75) is 77.8 Å². The second-order valence-corrected chi connectivity index (χ2v) is 12.7. The van der Waals surface area contributed by atoms with Crippen LogP contribution in [0.1, 0.15) is 71.6 Å². The number of alkyl halides is 3. The largest absolute Gasteiger partial charge is 0.446 e. The highest BCUT2D eigenvalue weighted by Crippen LogP contribution is 2.25. The summed E-state index contributed by atoms with van der Waals surface area (Å²) in [5, 5.41) is 0. The van der Waals surface area contributed by atoms with Crippen LogP contribution in [-0.4, -0.2) is 44.9 Å². The Labute approximate surface area is 175 Å². The van der Waals surface area contributed by atoms with Crippen molar-refractivity contribution in [3.05, 3.63) is 0 Å². The van der Waals surface area contributed by atoms with Crippen LogP contribution in [0.3, 0.4) is 0 Å². The van der Waals surface area contributed by atoms with E-state index in [2.05, 4.69) is 0 Å². The average Bonchev–Trinajstić information content (AvgIpc) is 2.54. The Hall–Kier alpha value is -0.640. The summed E-state index contributed by atoms with van der Waals surface area (Å²) in [6, 6.07) is 0. The van der Waals surface area contributed by atoms with Gasteiger partial charge in [-0.3, -0.25) is 22.8 Å². The quantitative estimate of drug-likeness (QED) is 0.509. The maximum atomic E-state index is 11.1. The van der Waals surface area contributed by atoms with Gasteiger partial charge in [-0.15, -0.1) is 0 Å². The van der Waals surface area contributed by atoms with E-state index in [1.165, 1.54) is 64.2 Å². The van der Waals surface area contributed by atoms with Crippen LogP contribution < -0.4 is 0 Å². The summed E-state index contributed by atoms with van der Waals surface area (Å²) in [6.45, 7) is 0. The third-order valence-electron chi connectivity index (χ3n) is 4.69. The molecule has 2 fully saturated rings. The highest BCUT2D eigenvalue weighted by Gasteiger charge is 2.24. The molecule has 2 unspecified atom stereocenters. The van der Waals surface area contributed by atoms with Crippen molar-refractivity contribution in [2.24, 2.45) is 11.8 Å². The van der Waals surface area contributed by atoms with Gasteiger partial charge in [0.05, 0.1) is 0 Å². The van der Waals surface area contributed by atoms with Gasteiger partial charge in [-0.25, -0.2) is 0 Å². The molecule has 0 aliphatic heterocycles. The van der Waals surface area contributed by atoms with E-state index in [0.29, 0.717) is 23.3 Å². The SMILES string of the molecule is C.CS(=N)(=O)CC1CCCCC1.CS(=N)(=O)CC1CCCCC1.O=CC(F)(F)F. The summed E-state index contributed by atoms with van der Waals surface area (Å²) in [5.41, 5.74) is 0. The van der Waals surface area contributed by atoms with E-state index < -0.39 is 31.9 Å². The molecular formula is C19H39F3N2O3S2. The fourth-order valence-corrected chi connectivity index (χ4v) is 6.07. The first kappa shape index (κ1) is 30.6. The third kappa shape index (κ3) is 21.9. The molecule has 0 amide bonds. The standard InChI is InChI=1S/2C8H17NOS.C2HF3O.CH4/c2*1-11(9,10)7-8-5-3-2-4-6-8;3-2(4,5)1-6;/h2*8-9H,2-7H2,1H3;1H;1H4. The van der Waals surface area contributed by atoms with Crippen molar-refractivity contribution in [3.63, 3.8) is 0 Å². The van der Waals surface area contributed by atoms with Crippen molar-refractivity contribution < 1.29 is 26.4 Å². The molecule has 5 nitrogen and oxygen atoms in total. The van der Waals surface area contributed by atoms with Crippen LogP contribution in [0.15, 0.2) is 0 Å². The molecule has 0 aromatic carbocycles. The fraction of sp³-hybridized carbons (Fsp3) is 0.947. The lowest BCUT2D eigenvalue weighted by molar-refractivity contribution is -0.156. The van der Waals surface area contributed by atoms with E-state index in [9.17, 15) is 21.6 Å². The molecule has 10 heteroatoms. The molecule has 176 valence electrons. The normalized spacial score (nSPS) is 22.2. The maximum absolute atomic E-state index is 11.1. The van der Waals surface area contributed by atoms with E-state index in [1.54, 1.807) is 12.5 Å². The van der Waals surface area contributed by atoms with E-state index in [-0.39, 0.29) is 7.43 Å². The lowest BCUT2D eigenvalue weighted by atomic mass is 9.91. The van der Waals surface area contributed by atoms with Gasteiger partial charge < -0.3 is 0 Å². The van der Waals surface area contributed by atoms with Crippen LogP contribution in [0.5, 0.6) is 0 Å². The van der Waals surface area contributed by atoms with Gasteiger partial charge in [0.1, 0.15) is 0 Å². The molecule has 2 N–H and O–H groups in total. The van der Waals surface area contributed by atoms with Crippen molar-refractivity contribution >= 4 is 25.7 Å². The zero-order chi connectivity index (χ0) is 21.8. The highest BCUT2D eigenvalue weighted by atomic mass is 32.2. The van der Waals surface area contributed by atoms with E-state index >= 15 is 0 Å². The van der Waals surface area contributed by atoms with E-state index in [4.69, 9.17) is 14.4 Å². The Kier molecular flexibility index (Phi) is 15.1. The Morgan fingerprint density at radius 1 is 0.793 bits per heavy atom. The van der Waals surface area contributed by atoms with Gasteiger partial charge in [-0.2, -0.15) is 13.2 Å². The predicted octanol–water partition coefficient (Wildman–Crippen LogP) is 5.87. The van der Waals surface area contributed by atoms with Crippen LogP contribution in [0.2, 0.25) is 0 Å². The van der Waals surface area contributed by atoms with Crippen molar-refractivity contribution in [3.8, 4) is 0 Å². The zero-order valence-corrected chi connectivity index (χ0v) is 18.5. The molecule has 2 aliphatic carbocycles. The van der Waals surface area contributed by atoms with Gasteiger partial charge in [-0.1, -0.05) is 46.0 Å². The van der Waals surface area contributed by atoms with Gasteiger partial charge in [0.15, 0.2) is 0 Å². The number of nitrogens with one attached hydrogen (secondary N) is 2. The summed E-state index contributed by atoms with van der Waals surface area (Å²) < 4.78 is 68.1. The van der Waals surface area contributed by atoms with Gasteiger partial charge in [0, 0.05) is 43.5 Å². The molecule has 0 aromatic rings. The molecule has 29 heavy (non-hydrogen) atoms. The summed E-state index contributed by atoms with van der Waals surface area (Å²) in [6.07, 6.45) is 9.98. The minimum atomic E-state index is -4.64. The molecular weight excluding hydrogens is 425 g/mol. The predicted molar refractivity (Wildman–Crippen MR) is 115 cm³/mol. The van der Waals surface area contributed by atoms with Gasteiger partial charge in [0.2, 0.25) is 6.29 Å². The van der Waals surface area contributed by atoms with Gasteiger partial charge in [0.25, 0.3) is 0 Å². The van der Waals surface area contributed by atoms with Crippen LogP contribution in [0, 0.1) is 21.4 Å². The molecule has 0 heterocycles. The summed E-state index contributed by atoms with van der Waals surface area (Å²) in [7, 11) is -4.45. The Balaban J connectivity index is 0. The monoisotopic (exact) mass is 464 g/mol. The Bertz CT molecular complexity index is 588. The molecule has 2 aliphatic rings. The maximum Gasteiger partial charge on any atom is 0.446 e. The summed E-state index contributed by atoms with van der Waals surface area (Å²) >= 11 is 0. The molecule has 0 saturated heterocycles. The first-order valence-electron chi connectivity index (χ1n) is 9.68. The third-order valence-corrected chi connectivity index (χ3v) is 6.91. The summed E-state index contributed by atoms with van der Waals surface area (Å²) in [5.74, 6) is 2.43. The lowest BCUT2D eigenvalue weighted by Crippen LogP contribution is -2.16. The Morgan fingerprint density at radius 2 is 1.03 bits per heavy atom. The first-order valence-corrected chi connectivity index (χ1v) is 13.9. The van der Waals surface area contributed by atoms with E-state index in [0.717, 1.165) is 0 Å². The number of carbonyl (C=O) groups is 1. The van der Waals surface area contributed by atoms with Gasteiger partial charge in [-0.05, 0) is 37.5 Å². The van der Waals surface area contributed by atoms with Crippen LogP contribution in [0.4, 0.5) is 13.2 Å². The van der Waals surface area contributed by atoms with Crippen LogP contribution in [0.25, 0.3) is 0 Å². The van der Waals surface area contributed by atoms with Gasteiger partial charge >= 0.3 is 6.18 Å². The number of halogens is 3. The second-order valence-electron chi connectivity index (χ2n) is 8.01. The van der Waals surface area contributed by atoms with Crippen molar-refractivity contribution in [1.82, 2.24) is 0 Å². The molecule has 2 saturated carbocycles. The molecule has 2 atom stereocenters. The number of aldehydes is 1. The van der Waals surface area contributed by atoms with Crippen LogP contribution in [-0.2, 0) is 24.3 Å². The number of rotatable bonds is 4. The van der Waals surface area contributed by atoms with Crippen molar-refractivity contribution in [1.29, 1.82) is 9.56 Å². The lowest BCUT2D eigenvalue weighted by Gasteiger charge is -2.20. The zero-order valence-electron chi connectivity index (χ0n) is 16.9. The second kappa shape index (κ2) is 14.4. The van der Waals surface area contributed by atoms with E-state index in [1.807, 2.05) is 0 Å². The Morgan fingerprint density at radius 3 is 1.21 bits per heavy atom. The summed E-state index contributed by atoms with van der Waals surface area (Å²) in [4.78, 5) is 8.70. The molecule has 0 radical (unpaired) electrons. The molecule has 0 spiro atoms. The smallest absolute Gasteiger partial charge is 0.293 e. The average molecular weight is 465 g/mol. The molecule has 0 bridgehead atoms. The minimum Gasteiger partial charge on any atom is -0.293 e. The molecule has 2 rings (SSSR count). The molecule has 0 aromatic heterocycles. The minimum absolute atomic E-state index is 0. The number of hydrogen-bond acceptors (Lipinski definition) is 5. The number of carbonyl (C=O) groups excluding carboxylic acids is 1. The van der Waals surface area contributed by atoms with Crippen molar-refractivity contribution in [2.75, 3.05) is 24.0 Å². The number of hydrogen-bond donors (Lipinski definition) is 2. The topological polar surface area (TPSA) is 98.9 Å². The highest BCUT2D eigenvalue weighted by molar-refractivity contribution is 7.91.